The number of aromatic nitrogens is 3. The van der Waals surface area contributed by atoms with Crippen LogP contribution in [-0.2, 0) is 23.1 Å². The van der Waals surface area contributed by atoms with Gasteiger partial charge in [-0.05, 0) is 24.6 Å². The van der Waals surface area contributed by atoms with Gasteiger partial charge in [0.05, 0.1) is 31.1 Å². The lowest BCUT2D eigenvalue weighted by molar-refractivity contribution is -0.116. The minimum absolute atomic E-state index is 0.194. The molecule has 1 aromatic carbocycles. The summed E-state index contributed by atoms with van der Waals surface area (Å²) in [5, 5.41) is 5.13. The highest BCUT2D eigenvalue weighted by Crippen LogP contribution is 2.24. The zero-order chi connectivity index (χ0) is 18.8. The molecule has 0 aliphatic heterocycles. The van der Waals surface area contributed by atoms with Crippen molar-refractivity contribution in [2.45, 2.75) is 20.4 Å². The highest BCUT2D eigenvalue weighted by molar-refractivity contribution is 6.00. The lowest BCUT2D eigenvalue weighted by Gasteiger charge is -2.21. The van der Waals surface area contributed by atoms with Crippen LogP contribution in [0.15, 0.2) is 36.5 Å². The molecule has 26 heavy (non-hydrogen) atoms. The fourth-order valence-corrected chi connectivity index (χ4v) is 2.87. The largest absolute Gasteiger partial charge is 0.464 e. The van der Waals surface area contributed by atoms with E-state index in [0.29, 0.717) is 12.2 Å². The van der Waals surface area contributed by atoms with Crippen LogP contribution in [0.3, 0.4) is 0 Å². The first kappa shape index (κ1) is 17.6. The summed E-state index contributed by atoms with van der Waals surface area (Å²) in [4.78, 5) is 30.4. The lowest BCUT2D eigenvalue weighted by Crippen LogP contribution is -2.29. The molecule has 3 rings (SSSR count). The van der Waals surface area contributed by atoms with Crippen molar-refractivity contribution in [3.05, 3.63) is 53.5 Å². The Morgan fingerprint density at radius 1 is 1.23 bits per heavy atom. The van der Waals surface area contributed by atoms with Crippen molar-refractivity contribution in [3.8, 4) is 0 Å². The molecule has 0 saturated carbocycles. The van der Waals surface area contributed by atoms with Crippen LogP contribution in [0.4, 0.5) is 5.69 Å². The maximum atomic E-state index is 12.3. The van der Waals surface area contributed by atoms with Crippen molar-refractivity contribution in [2.24, 2.45) is 7.05 Å². The topological polar surface area (TPSA) is 77.3 Å². The highest BCUT2D eigenvalue weighted by Gasteiger charge is 2.24. The second-order valence-corrected chi connectivity index (χ2v) is 6.08. The van der Waals surface area contributed by atoms with Gasteiger partial charge in [-0.3, -0.25) is 14.5 Å². The number of amides is 1. The second-order valence-electron chi connectivity index (χ2n) is 6.08. The fraction of sp³-hybridized carbons (Fsp3) is 0.263. The van der Waals surface area contributed by atoms with Gasteiger partial charge < -0.3 is 9.64 Å². The number of methoxy groups -OCH3 is 1. The molecule has 0 atom stereocenters. The zero-order valence-corrected chi connectivity index (χ0v) is 15.2. The van der Waals surface area contributed by atoms with Gasteiger partial charge in [0.2, 0.25) is 5.91 Å². The number of nitrogens with zero attached hydrogens (tertiary/aromatic N) is 4. The van der Waals surface area contributed by atoms with E-state index >= 15 is 0 Å². The Bertz CT molecular complexity index is 994. The highest BCUT2D eigenvalue weighted by atomic mass is 16.5. The first-order valence-electron chi connectivity index (χ1n) is 8.15. The normalized spacial score (nSPS) is 10.8. The number of ether oxygens (including phenoxy) is 1. The number of hydrogen-bond acceptors (Lipinski definition) is 5. The van der Waals surface area contributed by atoms with Gasteiger partial charge in [0.1, 0.15) is 0 Å². The molecule has 0 bridgehead atoms. The Hall–Kier alpha value is -3.22. The standard InChI is InChI=1S/C19H20N4O3/c1-12-5-7-15-8-6-14(9-16(15)21-12)11-23(13(2)24)17-10-20-22(3)18(17)19(25)26-4/h5-10H,11H2,1-4H3. The molecular formula is C19H20N4O3. The summed E-state index contributed by atoms with van der Waals surface area (Å²) in [6.07, 6.45) is 1.50. The summed E-state index contributed by atoms with van der Waals surface area (Å²) in [5.74, 6) is -0.734. The molecule has 0 aliphatic carbocycles. The van der Waals surface area contributed by atoms with E-state index in [1.807, 2.05) is 37.3 Å². The summed E-state index contributed by atoms with van der Waals surface area (Å²) in [7, 11) is 2.94. The molecule has 0 spiro atoms. The fourth-order valence-electron chi connectivity index (χ4n) is 2.87. The third-order valence-corrected chi connectivity index (χ3v) is 4.21. The number of rotatable bonds is 4. The van der Waals surface area contributed by atoms with E-state index in [1.54, 1.807) is 7.05 Å². The van der Waals surface area contributed by atoms with Crippen molar-refractivity contribution in [1.29, 1.82) is 0 Å². The van der Waals surface area contributed by atoms with Gasteiger partial charge in [0.15, 0.2) is 5.69 Å². The quantitative estimate of drug-likeness (QED) is 0.675. The van der Waals surface area contributed by atoms with E-state index in [4.69, 9.17) is 4.74 Å². The molecule has 0 radical (unpaired) electrons. The van der Waals surface area contributed by atoms with Gasteiger partial charge >= 0.3 is 5.97 Å². The summed E-state index contributed by atoms with van der Waals surface area (Å²) in [5.41, 5.74) is 3.36. The van der Waals surface area contributed by atoms with Gasteiger partial charge in [-0.1, -0.05) is 18.2 Å². The van der Waals surface area contributed by atoms with Gasteiger partial charge in [-0.15, -0.1) is 0 Å². The van der Waals surface area contributed by atoms with Crippen molar-refractivity contribution in [1.82, 2.24) is 14.8 Å². The maximum absolute atomic E-state index is 12.3. The predicted octanol–water partition coefficient (Wildman–Crippen LogP) is 2.62. The van der Waals surface area contributed by atoms with E-state index in [0.717, 1.165) is 22.2 Å². The van der Waals surface area contributed by atoms with Gasteiger partial charge in [-0.2, -0.15) is 5.10 Å². The average molecular weight is 352 g/mol. The van der Waals surface area contributed by atoms with Crippen LogP contribution in [-0.4, -0.2) is 33.8 Å². The summed E-state index contributed by atoms with van der Waals surface area (Å²) < 4.78 is 6.22. The Labute approximate surface area is 151 Å². The van der Waals surface area contributed by atoms with E-state index in [1.165, 1.54) is 29.8 Å². The number of pyridine rings is 1. The number of anilines is 1. The molecular weight excluding hydrogens is 332 g/mol. The van der Waals surface area contributed by atoms with Gasteiger partial charge in [0, 0.05) is 25.1 Å². The van der Waals surface area contributed by atoms with Crippen LogP contribution in [0.25, 0.3) is 10.9 Å². The number of hydrogen-bond donors (Lipinski definition) is 0. The molecule has 2 heterocycles. The summed E-state index contributed by atoms with van der Waals surface area (Å²) in [6, 6.07) is 9.85. The molecule has 0 aliphatic rings. The molecule has 1 amide bonds. The second kappa shape index (κ2) is 6.95. The van der Waals surface area contributed by atoms with Crippen LogP contribution in [0.5, 0.6) is 0 Å². The van der Waals surface area contributed by atoms with E-state index < -0.39 is 5.97 Å². The van der Waals surface area contributed by atoms with Crippen LogP contribution in [0, 0.1) is 6.92 Å². The third-order valence-electron chi connectivity index (χ3n) is 4.21. The minimum atomic E-state index is -0.540. The van der Waals surface area contributed by atoms with E-state index in [-0.39, 0.29) is 11.6 Å². The van der Waals surface area contributed by atoms with Gasteiger partial charge in [-0.25, -0.2) is 4.79 Å². The minimum Gasteiger partial charge on any atom is -0.464 e. The number of esters is 1. The third kappa shape index (κ3) is 3.28. The van der Waals surface area contributed by atoms with Gasteiger partial charge in [0.25, 0.3) is 0 Å². The molecule has 3 aromatic rings. The van der Waals surface area contributed by atoms with Crippen molar-refractivity contribution < 1.29 is 14.3 Å². The van der Waals surface area contributed by atoms with Crippen LogP contribution in [0.2, 0.25) is 0 Å². The number of carbonyl (C=O) groups is 2. The molecule has 0 N–H and O–H groups in total. The number of carbonyl (C=O) groups excluding carboxylic acids is 2. The number of aryl methyl sites for hydroxylation is 2. The first-order valence-corrected chi connectivity index (χ1v) is 8.15. The zero-order valence-electron chi connectivity index (χ0n) is 15.2. The SMILES string of the molecule is COC(=O)c1c(N(Cc2ccc3ccc(C)nc3c2)C(C)=O)cnn1C. The Kier molecular flexibility index (Phi) is 4.71. The smallest absolute Gasteiger partial charge is 0.358 e. The van der Waals surface area contributed by atoms with Crippen molar-refractivity contribution in [3.63, 3.8) is 0 Å². The monoisotopic (exact) mass is 352 g/mol. The molecule has 0 saturated heterocycles. The van der Waals surface area contributed by atoms with Crippen LogP contribution < -0.4 is 4.90 Å². The predicted molar refractivity (Wildman–Crippen MR) is 97.9 cm³/mol. The summed E-state index contributed by atoms with van der Waals surface area (Å²) in [6.45, 7) is 3.69. The maximum Gasteiger partial charge on any atom is 0.358 e. The van der Waals surface area contributed by atoms with Crippen LogP contribution >= 0.6 is 0 Å². The Morgan fingerprint density at radius 3 is 2.65 bits per heavy atom. The Morgan fingerprint density at radius 2 is 1.96 bits per heavy atom. The number of fused-ring (bicyclic) bond motifs is 1. The van der Waals surface area contributed by atoms with Crippen molar-refractivity contribution >= 4 is 28.5 Å². The summed E-state index contributed by atoms with van der Waals surface area (Å²) >= 11 is 0. The average Bonchev–Trinajstić information content (AvgIpc) is 2.99. The molecule has 2 aromatic heterocycles. The van der Waals surface area contributed by atoms with Crippen molar-refractivity contribution in [2.75, 3.05) is 12.0 Å². The number of benzene rings is 1. The molecule has 7 heteroatoms. The molecule has 134 valence electrons. The Balaban J connectivity index is 2.00. The lowest BCUT2D eigenvalue weighted by atomic mass is 10.1. The molecule has 0 unspecified atom stereocenters. The van der Waals surface area contributed by atoms with Crippen LogP contribution in [0.1, 0.15) is 28.7 Å². The molecule has 7 nitrogen and oxygen atoms in total. The van der Waals surface area contributed by atoms with E-state index in [2.05, 4.69) is 10.1 Å². The van der Waals surface area contributed by atoms with E-state index in [9.17, 15) is 9.59 Å². The first-order chi connectivity index (χ1) is 12.4. The molecule has 0 fully saturated rings.